The predicted molar refractivity (Wildman–Crippen MR) is 72.2 cm³/mol. The van der Waals surface area contributed by atoms with Crippen LogP contribution in [0.1, 0.15) is 34.3 Å². The maximum atomic E-state index is 12.4. The number of aliphatic carboxylic acids is 1. The van der Waals surface area contributed by atoms with Gasteiger partial charge in [-0.3, -0.25) is 9.59 Å². The summed E-state index contributed by atoms with van der Waals surface area (Å²) in [5.41, 5.74) is 2.84. The molecule has 0 spiro atoms. The summed E-state index contributed by atoms with van der Waals surface area (Å²) in [7, 11) is 0. The number of carboxylic acid groups (broad SMARTS) is 1. The molecular formula is C15H19NO3. The van der Waals surface area contributed by atoms with Crippen molar-refractivity contribution >= 4 is 11.9 Å². The van der Waals surface area contributed by atoms with Gasteiger partial charge in [-0.1, -0.05) is 12.1 Å². The molecule has 1 aliphatic heterocycles. The van der Waals surface area contributed by atoms with Crippen LogP contribution in [0.4, 0.5) is 0 Å². The van der Waals surface area contributed by atoms with E-state index < -0.39 is 5.97 Å². The van der Waals surface area contributed by atoms with E-state index in [0.717, 1.165) is 23.1 Å². The lowest BCUT2D eigenvalue weighted by Gasteiger charge is -2.18. The molecule has 0 aliphatic carbocycles. The van der Waals surface area contributed by atoms with Crippen molar-refractivity contribution in [3.05, 3.63) is 34.9 Å². The van der Waals surface area contributed by atoms with Gasteiger partial charge in [-0.25, -0.2) is 0 Å². The minimum atomic E-state index is -0.786. The highest BCUT2D eigenvalue weighted by Gasteiger charge is 2.28. The van der Waals surface area contributed by atoms with Crippen molar-refractivity contribution in [3.8, 4) is 0 Å². The number of amides is 1. The van der Waals surface area contributed by atoms with Crippen LogP contribution in [0.25, 0.3) is 0 Å². The molecule has 4 nitrogen and oxygen atoms in total. The molecule has 102 valence electrons. The Kier molecular flexibility index (Phi) is 3.88. The molecule has 0 radical (unpaired) electrons. The maximum absolute atomic E-state index is 12.4. The van der Waals surface area contributed by atoms with Crippen molar-refractivity contribution in [1.29, 1.82) is 0 Å². The zero-order valence-electron chi connectivity index (χ0n) is 11.3. The first-order chi connectivity index (χ1) is 8.99. The summed E-state index contributed by atoms with van der Waals surface area (Å²) in [6.45, 7) is 5.15. The van der Waals surface area contributed by atoms with Gasteiger partial charge in [-0.2, -0.15) is 0 Å². The smallest absolute Gasteiger partial charge is 0.303 e. The zero-order valence-corrected chi connectivity index (χ0v) is 11.3. The molecule has 19 heavy (non-hydrogen) atoms. The van der Waals surface area contributed by atoms with Gasteiger partial charge in [-0.15, -0.1) is 0 Å². The number of aryl methyl sites for hydroxylation is 1. The highest BCUT2D eigenvalue weighted by atomic mass is 16.4. The first-order valence-electron chi connectivity index (χ1n) is 6.56. The molecule has 1 amide bonds. The van der Waals surface area contributed by atoms with E-state index in [0.29, 0.717) is 13.1 Å². The SMILES string of the molecule is Cc1cccc(C(=O)N2CCC(CC(=O)O)C2)c1C. The van der Waals surface area contributed by atoms with Gasteiger partial charge < -0.3 is 10.0 Å². The molecule has 1 atom stereocenters. The minimum absolute atomic E-state index is 0.0223. The van der Waals surface area contributed by atoms with E-state index in [1.165, 1.54) is 0 Å². The number of carbonyl (C=O) groups is 2. The fraction of sp³-hybridized carbons (Fsp3) is 0.467. The number of benzene rings is 1. The van der Waals surface area contributed by atoms with Crippen LogP contribution < -0.4 is 0 Å². The lowest BCUT2D eigenvalue weighted by molar-refractivity contribution is -0.138. The highest BCUT2D eigenvalue weighted by molar-refractivity contribution is 5.96. The number of nitrogens with zero attached hydrogens (tertiary/aromatic N) is 1. The summed E-state index contributed by atoms with van der Waals surface area (Å²) >= 11 is 0. The maximum Gasteiger partial charge on any atom is 0.303 e. The molecule has 0 saturated carbocycles. The molecule has 1 N–H and O–H groups in total. The predicted octanol–water partition coefficient (Wildman–Crippen LogP) is 2.24. The minimum Gasteiger partial charge on any atom is -0.481 e. The summed E-state index contributed by atoms with van der Waals surface area (Å²) in [4.78, 5) is 24.9. The Hall–Kier alpha value is -1.84. The molecule has 0 aromatic heterocycles. The van der Waals surface area contributed by atoms with Crippen LogP contribution >= 0.6 is 0 Å². The lowest BCUT2D eigenvalue weighted by Crippen LogP contribution is -2.29. The van der Waals surface area contributed by atoms with Gasteiger partial charge in [0.05, 0.1) is 0 Å². The second-order valence-electron chi connectivity index (χ2n) is 5.25. The van der Waals surface area contributed by atoms with Crippen LogP contribution in [0.15, 0.2) is 18.2 Å². The molecule has 1 aliphatic rings. The molecule has 1 saturated heterocycles. The Bertz CT molecular complexity index is 510. The number of carboxylic acids is 1. The van der Waals surface area contributed by atoms with E-state index in [9.17, 15) is 9.59 Å². The monoisotopic (exact) mass is 261 g/mol. The van der Waals surface area contributed by atoms with Crippen molar-refractivity contribution in [2.24, 2.45) is 5.92 Å². The molecule has 1 unspecified atom stereocenters. The Labute approximate surface area is 113 Å². The third-order valence-corrected chi connectivity index (χ3v) is 3.87. The van der Waals surface area contributed by atoms with Crippen molar-refractivity contribution in [1.82, 2.24) is 4.90 Å². The van der Waals surface area contributed by atoms with Crippen LogP contribution in [-0.2, 0) is 4.79 Å². The van der Waals surface area contributed by atoms with Crippen molar-refractivity contribution in [2.75, 3.05) is 13.1 Å². The van der Waals surface area contributed by atoms with Crippen molar-refractivity contribution in [3.63, 3.8) is 0 Å². The second kappa shape index (κ2) is 5.43. The second-order valence-corrected chi connectivity index (χ2v) is 5.25. The molecule has 4 heteroatoms. The Morgan fingerprint density at radius 2 is 2.11 bits per heavy atom. The van der Waals surface area contributed by atoms with Crippen LogP contribution in [0, 0.1) is 19.8 Å². The van der Waals surface area contributed by atoms with Gasteiger partial charge >= 0.3 is 5.97 Å². The topological polar surface area (TPSA) is 57.6 Å². The molecule has 2 rings (SSSR count). The normalized spacial score (nSPS) is 18.6. The van der Waals surface area contributed by atoms with Crippen molar-refractivity contribution in [2.45, 2.75) is 26.7 Å². The average Bonchev–Trinajstić information content (AvgIpc) is 2.79. The van der Waals surface area contributed by atoms with E-state index in [1.807, 2.05) is 32.0 Å². The fourth-order valence-corrected chi connectivity index (χ4v) is 2.58. The van der Waals surface area contributed by atoms with Crippen LogP contribution in [0.5, 0.6) is 0 Å². The van der Waals surface area contributed by atoms with Crippen molar-refractivity contribution < 1.29 is 14.7 Å². The van der Waals surface area contributed by atoms with E-state index in [1.54, 1.807) is 4.90 Å². The number of hydrogen-bond acceptors (Lipinski definition) is 2. The van der Waals surface area contributed by atoms with E-state index in [2.05, 4.69) is 0 Å². The molecular weight excluding hydrogens is 242 g/mol. The van der Waals surface area contributed by atoms with Gasteiger partial charge in [0.15, 0.2) is 0 Å². The quantitative estimate of drug-likeness (QED) is 0.907. The number of likely N-dealkylation sites (tertiary alicyclic amines) is 1. The summed E-state index contributed by atoms with van der Waals surface area (Å²) in [5, 5.41) is 8.79. The Morgan fingerprint density at radius 1 is 1.37 bits per heavy atom. The first-order valence-corrected chi connectivity index (χ1v) is 6.56. The molecule has 1 aromatic carbocycles. The summed E-state index contributed by atoms with van der Waals surface area (Å²) in [6, 6.07) is 5.72. The summed E-state index contributed by atoms with van der Waals surface area (Å²) in [6.07, 6.45) is 0.930. The molecule has 0 bridgehead atoms. The molecule has 1 heterocycles. The average molecular weight is 261 g/mol. The fourth-order valence-electron chi connectivity index (χ4n) is 2.58. The van der Waals surface area contributed by atoms with Crippen LogP contribution in [-0.4, -0.2) is 35.0 Å². The number of hydrogen-bond donors (Lipinski definition) is 1. The van der Waals surface area contributed by atoms with E-state index in [-0.39, 0.29) is 18.2 Å². The zero-order chi connectivity index (χ0) is 14.0. The standard InChI is InChI=1S/C15H19NO3/c1-10-4-3-5-13(11(10)2)15(19)16-7-6-12(9-16)8-14(17)18/h3-5,12H,6-9H2,1-2H3,(H,17,18). The summed E-state index contributed by atoms with van der Waals surface area (Å²) in [5.74, 6) is -0.674. The van der Waals surface area contributed by atoms with Gasteiger partial charge in [-0.05, 0) is 43.4 Å². The number of rotatable bonds is 3. The largest absolute Gasteiger partial charge is 0.481 e. The third kappa shape index (κ3) is 2.95. The number of carbonyl (C=O) groups excluding carboxylic acids is 1. The summed E-state index contributed by atoms with van der Waals surface area (Å²) < 4.78 is 0. The first kappa shape index (κ1) is 13.6. The molecule has 1 aromatic rings. The van der Waals surface area contributed by atoms with Gasteiger partial charge in [0, 0.05) is 25.1 Å². The van der Waals surface area contributed by atoms with Gasteiger partial charge in [0.25, 0.3) is 5.91 Å². The van der Waals surface area contributed by atoms with E-state index in [4.69, 9.17) is 5.11 Å². The van der Waals surface area contributed by atoms with Crippen LogP contribution in [0.2, 0.25) is 0 Å². The van der Waals surface area contributed by atoms with E-state index >= 15 is 0 Å². The Balaban J connectivity index is 2.09. The lowest BCUT2D eigenvalue weighted by atomic mass is 10.0. The third-order valence-electron chi connectivity index (χ3n) is 3.87. The van der Waals surface area contributed by atoms with Gasteiger partial charge in [0.2, 0.25) is 0 Å². The Morgan fingerprint density at radius 3 is 2.79 bits per heavy atom. The van der Waals surface area contributed by atoms with Crippen LogP contribution in [0.3, 0.4) is 0 Å². The van der Waals surface area contributed by atoms with Gasteiger partial charge in [0.1, 0.15) is 0 Å². The molecule has 1 fully saturated rings. The highest BCUT2D eigenvalue weighted by Crippen LogP contribution is 2.23.